The Morgan fingerprint density at radius 2 is 2.07 bits per heavy atom. The second kappa shape index (κ2) is 6.07. The highest BCUT2D eigenvalue weighted by Crippen LogP contribution is 2.33. The van der Waals surface area contributed by atoms with Crippen molar-refractivity contribution in [2.75, 3.05) is 18.1 Å². The topological polar surface area (TPSA) is 105 Å². The van der Waals surface area contributed by atoms with Crippen LogP contribution in [0.15, 0.2) is 29.2 Å². The molecule has 1 amide bonds. The minimum absolute atomic E-state index is 0.169. The van der Waals surface area contributed by atoms with E-state index in [-0.39, 0.29) is 11.6 Å². The molecule has 2 N–H and O–H groups in total. The summed E-state index contributed by atoms with van der Waals surface area (Å²) in [6.45, 7) is 7.27. The Kier molecular flexibility index (Phi) is 3.71. The number of aromatic nitrogens is 4. The number of carbonyl (C=O) groups excluding carboxylic acids is 1. The standard InChI is InChI=1S/C20H22N6O3/c1-11-7-9-29-13-6-8-21-16-15(13)26(19(28)23-16)14-5-4-12-17(22-14)25(10-11)20(2,3)24-18(12)27/h4-6,8,11H,7,9-10H2,1-3H3,(H,24,27)(H,21,23,28)/t11-/m0/s1. The molecule has 0 radical (unpaired) electrons. The molecule has 0 fully saturated rings. The number of anilines is 1. The van der Waals surface area contributed by atoms with E-state index < -0.39 is 5.66 Å². The van der Waals surface area contributed by atoms with E-state index >= 15 is 0 Å². The molecule has 0 saturated heterocycles. The number of hydrogen-bond donors (Lipinski definition) is 2. The summed E-state index contributed by atoms with van der Waals surface area (Å²) in [5, 5.41) is 3.05. The Balaban J connectivity index is 1.82. The average Bonchev–Trinajstić information content (AvgIpc) is 3.00. The lowest BCUT2D eigenvalue weighted by atomic mass is 10.0. The van der Waals surface area contributed by atoms with E-state index in [9.17, 15) is 9.59 Å². The van der Waals surface area contributed by atoms with Crippen LogP contribution in [0.25, 0.3) is 17.0 Å². The van der Waals surface area contributed by atoms with Crippen molar-refractivity contribution >= 4 is 22.9 Å². The summed E-state index contributed by atoms with van der Waals surface area (Å²) in [5.41, 5.74) is 0.524. The lowest BCUT2D eigenvalue weighted by Gasteiger charge is -2.45. The molecule has 0 spiro atoms. The molecule has 0 aromatic carbocycles. The van der Waals surface area contributed by atoms with Crippen LogP contribution in [0.5, 0.6) is 5.75 Å². The van der Waals surface area contributed by atoms with Gasteiger partial charge in [-0.05, 0) is 38.3 Å². The zero-order valence-corrected chi connectivity index (χ0v) is 16.5. The van der Waals surface area contributed by atoms with Crippen molar-refractivity contribution in [3.05, 3.63) is 40.4 Å². The van der Waals surface area contributed by atoms with E-state index in [1.165, 1.54) is 4.57 Å². The monoisotopic (exact) mass is 394 g/mol. The van der Waals surface area contributed by atoms with E-state index in [1.807, 2.05) is 13.8 Å². The highest BCUT2D eigenvalue weighted by molar-refractivity contribution is 6.01. The van der Waals surface area contributed by atoms with Gasteiger partial charge in [-0.25, -0.2) is 19.3 Å². The first-order valence-electron chi connectivity index (χ1n) is 9.69. The highest BCUT2D eigenvalue weighted by atomic mass is 16.5. The van der Waals surface area contributed by atoms with Gasteiger partial charge in [0.05, 0.1) is 12.2 Å². The van der Waals surface area contributed by atoms with Crippen molar-refractivity contribution in [3.8, 4) is 11.6 Å². The van der Waals surface area contributed by atoms with Gasteiger partial charge in [0.15, 0.2) is 5.65 Å². The van der Waals surface area contributed by atoms with Gasteiger partial charge in [0.25, 0.3) is 5.91 Å². The molecule has 5 heterocycles. The first-order valence-corrected chi connectivity index (χ1v) is 9.69. The molecule has 3 aromatic heterocycles. The van der Waals surface area contributed by atoms with E-state index in [0.29, 0.717) is 53.2 Å². The van der Waals surface area contributed by atoms with Gasteiger partial charge in [0.1, 0.15) is 28.6 Å². The van der Waals surface area contributed by atoms with Gasteiger partial charge in [0.2, 0.25) is 0 Å². The molecule has 1 atom stereocenters. The van der Waals surface area contributed by atoms with Crippen LogP contribution >= 0.6 is 0 Å². The molecule has 150 valence electrons. The Labute approximate surface area is 166 Å². The zero-order chi connectivity index (χ0) is 20.3. The molecule has 3 aromatic rings. The molecule has 0 unspecified atom stereocenters. The van der Waals surface area contributed by atoms with Crippen molar-refractivity contribution in [1.29, 1.82) is 0 Å². The predicted octanol–water partition coefficient (Wildman–Crippen LogP) is 1.81. The molecule has 2 bridgehead atoms. The van der Waals surface area contributed by atoms with Crippen molar-refractivity contribution in [3.63, 3.8) is 0 Å². The Bertz CT molecular complexity index is 1190. The molecule has 29 heavy (non-hydrogen) atoms. The summed E-state index contributed by atoms with van der Waals surface area (Å²) in [5.74, 6) is 1.71. The van der Waals surface area contributed by atoms with Gasteiger partial charge < -0.3 is 15.0 Å². The molecule has 5 rings (SSSR count). The fourth-order valence-electron chi connectivity index (χ4n) is 4.05. The first-order chi connectivity index (χ1) is 13.8. The van der Waals surface area contributed by atoms with Gasteiger partial charge in [-0.3, -0.25) is 9.78 Å². The first kappa shape index (κ1) is 17.7. The largest absolute Gasteiger partial charge is 0.491 e. The molecule has 2 aliphatic heterocycles. The van der Waals surface area contributed by atoms with E-state index in [4.69, 9.17) is 9.72 Å². The maximum absolute atomic E-state index is 12.8. The lowest BCUT2D eigenvalue weighted by molar-refractivity contribution is 0.0894. The number of rotatable bonds is 0. The number of amides is 1. The van der Waals surface area contributed by atoms with Crippen molar-refractivity contribution in [2.45, 2.75) is 32.9 Å². The quantitative estimate of drug-likeness (QED) is 0.603. The summed E-state index contributed by atoms with van der Waals surface area (Å²) in [6.07, 6.45) is 2.43. The van der Waals surface area contributed by atoms with Crippen LogP contribution in [0, 0.1) is 5.92 Å². The maximum Gasteiger partial charge on any atom is 0.333 e. The normalized spacial score (nSPS) is 20.4. The van der Waals surface area contributed by atoms with E-state index in [2.05, 4.69) is 27.1 Å². The lowest BCUT2D eigenvalue weighted by Crippen LogP contribution is -2.61. The molecule has 0 aliphatic carbocycles. The van der Waals surface area contributed by atoms with Crippen molar-refractivity contribution in [1.82, 2.24) is 24.8 Å². The molecule has 9 heteroatoms. The second-order valence-electron chi connectivity index (χ2n) is 8.18. The number of pyridine rings is 2. The smallest absolute Gasteiger partial charge is 0.333 e. The number of aromatic amines is 1. The summed E-state index contributed by atoms with van der Waals surface area (Å²) in [6, 6.07) is 5.15. The van der Waals surface area contributed by atoms with Crippen molar-refractivity contribution < 1.29 is 9.53 Å². The van der Waals surface area contributed by atoms with Crippen LogP contribution < -0.4 is 20.6 Å². The summed E-state index contributed by atoms with van der Waals surface area (Å²) >= 11 is 0. The van der Waals surface area contributed by atoms with Gasteiger partial charge in [-0.2, -0.15) is 0 Å². The number of nitrogens with zero attached hydrogens (tertiary/aromatic N) is 4. The number of imidazole rings is 1. The number of H-pyrrole nitrogens is 1. The number of hydrogen-bond acceptors (Lipinski definition) is 6. The summed E-state index contributed by atoms with van der Waals surface area (Å²) in [4.78, 5) is 39.3. The minimum atomic E-state index is -0.604. The number of carbonyl (C=O) groups is 1. The molecule has 2 aliphatic rings. The van der Waals surface area contributed by atoms with E-state index in [0.717, 1.165) is 6.42 Å². The van der Waals surface area contributed by atoms with Crippen molar-refractivity contribution in [2.24, 2.45) is 5.92 Å². The van der Waals surface area contributed by atoms with Gasteiger partial charge in [-0.1, -0.05) is 6.92 Å². The number of nitrogens with one attached hydrogen (secondary N) is 2. The molecular formula is C20H22N6O3. The third-order valence-corrected chi connectivity index (χ3v) is 5.59. The van der Waals surface area contributed by atoms with Crippen LogP contribution in [-0.4, -0.2) is 44.2 Å². The summed E-state index contributed by atoms with van der Waals surface area (Å²) < 4.78 is 7.49. The zero-order valence-electron chi connectivity index (χ0n) is 16.5. The fourth-order valence-corrected chi connectivity index (χ4v) is 4.05. The summed E-state index contributed by atoms with van der Waals surface area (Å²) in [7, 11) is 0. The number of fused-ring (bicyclic) bond motifs is 2. The third kappa shape index (κ3) is 2.68. The Morgan fingerprint density at radius 3 is 2.90 bits per heavy atom. The van der Waals surface area contributed by atoms with Gasteiger partial charge in [0, 0.05) is 18.8 Å². The van der Waals surface area contributed by atoms with Crippen LogP contribution in [-0.2, 0) is 0 Å². The fraction of sp³-hybridized carbons (Fsp3) is 0.400. The molecule has 9 nitrogen and oxygen atoms in total. The maximum atomic E-state index is 12.8. The second-order valence-corrected chi connectivity index (χ2v) is 8.18. The van der Waals surface area contributed by atoms with Crippen LogP contribution in [0.2, 0.25) is 0 Å². The van der Waals surface area contributed by atoms with E-state index in [1.54, 1.807) is 24.4 Å². The SMILES string of the molecule is C[C@H]1CCOc2ccnc3[nH]c(=O)n(c23)-c2ccc3c(n2)N(C1)C(C)(C)NC3=O. The Hall–Kier alpha value is -3.36. The average molecular weight is 394 g/mol. The minimum Gasteiger partial charge on any atom is -0.491 e. The highest BCUT2D eigenvalue weighted by Gasteiger charge is 2.38. The predicted molar refractivity (Wildman–Crippen MR) is 108 cm³/mol. The number of ether oxygens (including phenoxy) is 1. The van der Waals surface area contributed by atoms with Crippen LogP contribution in [0.4, 0.5) is 5.82 Å². The molecular weight excluding hydrogens is 372 g/mol. The molecule has 0 saturated carbocycles. The van der Waals surface area contributed by atoms with Gasteiger partial charge >= 0.3 is 5.69 Å². The van der Waals surface area contributed by atoms with Crippen LogP contribution in [0.3, 0.4) is 0 Å². The van der Waals surface area contributed by atoms with Gasteiger partial charge in [-0.15, -0.1) is 0 Å². The van der Waals surface area contributed by atoms with Crippen LogP contribution in [0.1, 0.15) is 37.6 Å². The third-order valence-electron chi connectivity index (χ3n) is 5.59. The Morgan fingerprint density at radius 1 is 1.24 bits per heavy atom.